The van der Waals surface area contributed by atoms with Gasteiger partial charge in [0, 0.05) is 13.1 Å². The lowest BCUT2D eigenvalue weighted by Crippen LogP contribution is -2.13. The molecule has 0 saturated heterocycles. The van der Waals surface area contributed by atoms with Crippen molar-refractivity contribution >= 4 is 0 Å². The van der Waals surface area contributed by atoms with Gasteiger partial charge < -0.3 is 5.32 Å². The van der Waals surface area contributed by atoms with Crippen LogP contribution in [-0.4, -0.2) is 0 Å². The summed E-state index contributed by atoms with van der Waals surface area (Å²) in [5, 5.41) is 11.9. The second-order valence-corrected chi connectivity index (χ2v) is 4.61. The SMILES string of the molecule is N#Cc1cccc(CNCc2cccc(C(F)(F)F)c2)c1. The molecule has 0 radical (unpaired) electrons. The summed E-state index contributed by atoms with van der Waals surface area (Å²) >= 11 is 0. The van der Waals surface area contributed by atoms with Crippen LogP contribution in [0.4, 0.5) is 13.2 Å². The number of nitrogens with zero attached hydrogens (tertiary/aromatic N) is 1. The largest absolute Gasteiger partial charge is 0.416 e. The van der Waals surface area contributed by atoms with Crippen molar-refractivity contribution in [2.45, 2.75) is 19.3 Å². The Balaban J connectivity index is 1.96. The van der Waals surface area contributed by atoms with Crippen LogP contribution in [0.3, 0.4) is 0 Å². The molecule has 2 aromatic carbocycles. The monoisotopic (exact) mass is 290 g/mol. The number of nitrogens with one attached hydrogen (secondary N) is 1. The van der Waals surface area contributed by atoms with Gasteiger partial charge in [0.25, 0.3) is 0 Å². The molecule has 0 aliphatic carbocycles. The van der Waals surface area contributed by atoms with Gasteiger partial charge in [-0.05, 0) is 29.3 Å². The van der Waals surface area contributed by atoms with E-state index in [1.807, 2.05) is 12.1 Å². The van der Waals surface area contributed by atoms with Crippen molar-refractivity contribution in [1.29, 1.82) is 5.26 Å². The van der Waals surface area contributed by atoms with Gasteiger partial charge in [-0.1, -0.05) is 30.3 Å². The van der Waals surface area contributed by atoms with Gasteiger partial charge in [-0.15, -0.1) is 0 Å². The first kappa shape index (κ1) is 15.1. The highest BCUT2D eigenvalue weighted by Crippen LogP contribution is 2.29. The first-order valence-corrected chi connectivity index (χ1v) is 6.35. The highest BCUT2D eigenvalue weighted by Gasteiger charge is 2.30. The molecule has 2 aromatic rings. The highest BCUT2D eigenvalue weighted by atomic mass is 19.4. The molecule has 108 valence electrons. The van der Waals surface area contributed by atoms with Crippen LogP contribution in [0.25, 0.3) is 0 Å². The molecule has 0 atom stereocenters. The Morgan fingerprint density at radius 2 is 1.57 bits per heavy atom. The zero-order valence-electron chi connectivity index (χ0n) is 11.1. The van der Waals surface area contributed by atoms with Crippen LogP contribution in [0.5, 0.6) is 0 Å². The second kappa shape index (κ2) is 6.42. The van der Waals surface area contributed by atoms with Crippen molar-refractivity contribution in [3.63, 3.8) is 0 Å². The first-order valence-electron chi connectivity index (χ1n) is 6.35. The fourth-order valence-corrected chi connectivity index (χ4v) is 1.96. The molecule has 0 aliphatic heterocycles. The van der Waals surface area contributed by atoms with E-state index in [-0.39, 0.29) is 0 Å². The lowest BCUT2D eigenvalue weighted by atomic mass is 10.1. The van der Waals surface area contributed by atoms with Gasteiger partial charge in [-0.25, -0.2) is 0 Å². The topological polar surface area (TPSA) is 35.8 Å². The van der Waals surface area contributed by atoms with E-state index in [4.69, 9.17) is 5.26 Å². The molecule has 0 bridgehead atoms. The standard InChI is InChI=1S/C16H13F3N2/c17-16(18,19)15-6-2-5-14(8-15)11-21-10-13-4-1-3-12(7-13)9-20/h1-8,21H,10-11H2. The summed E-state index contributed by atoms with van der Waals surface area (Å²) in [6.07, 6.45) is -4.32. The highest BCUT2D eigenvalue weighted by molar-refractivity contribution is 5.32. The molecule has 0 spiro atoms. The number of nitriles is 1. The molecule has 0 unspecified atom stereocenters. The Hall–Kier alpha value is -2.32. The maximum absolute atomic E-state index is 12.6. The number of rotatable bonds is 4. The summed E-state index contributed by atoms with van der Waals surface area (Å²) in [4.78, 5) is 0. The molecule has 0 heterocycles. The van der Waals surface area contributed by atoms with Crippen molar-refractivity contribution in [3.05, 3.63) is 70.8 Å². The van der Waals surface area contributed by atoms with E-state index in [1.54, 1.807) is 24.3 Å². The average molecular weight is 290 g/mol. The fraction of sp³-hybridized carbons (Fsp3) is 0.188. The maximum Gasteiger partial charge on any atom is 0.416 e. The average Bonchev–Trinajstić information content (AvgIpc) is 2.47. The Morgan fingerprint density at radius 3 is 2.19 bits per heavy atom. The molecular formula is C16H13F3N2. The quantitative estimate of drug-likeness (QED) is 0.928. The van der Waals surface area contributed by atoms with E-state index in [1.165, 1.54) is 6.07 Å². The molecule has 0 aromatic heterocycles. The number of alkyl halides is 3. The minimum Gasteiger partial charge on any atom is -0.309 e. The lowest BCUT2D eigenvalue weighted by molar-refractivity contribution is -0.137. The van der Waals surface area contributed by atoms with Gasteiger partial charge in [0.05, 0.1) is 17.2 Å². The van der Waals surface area contributed by atoms with Gasteiger partial charge in [0.2, 0.25) is 0 Å². The van der Waals surface area contributed by atoms with E-state index in [0.717, 1.165) is 17.7 Å². The third-order valence-corrected chi connectivity index (χ3v) is 2.97. The Kier molecular flexibility index (Phi) is 4.61. The normalized spacial score (nSPS) is 11.1. The van der Waals surface area contributed by atoms with Crippen LogP contribution >= 0.6 is 0 Å². The van der Waals surface area contributed by atoms with Crippen molar-refractivity contribution in [3.8, 4) is 6.07 Å². The molecule has 1 N–H and O–H groups in total. The van der Waals surface area contributed by atoms with Gasteiger partial charge in [0.1, 0.15) is 0 Å². The minimum atomic E-state index is -4.32. The molecule has 21 heavy (non-hydrogen) atoms. The van der Waals surface area contributed by atoms with Crippen molar-refractivity contribution in [2.24, 2.45) is 0 Å². The molecule has 0 aliphatic rings. The number of benzene rings is 2. The summed E-state index contributed by atoms with van der Waals surface area (Å²) in [6, 6.07) is 14.4. The lowest BCUT2D eigenvalue weighted by Gasteiger charge is -2.09. The van der Waals surface area contributed by atoms with Crippen LogP contribution in [0.15, 0.2) is 48.5 Å². The van der Waals surface area contributed by atoms with Gasteiger partial charge in [-0.2, -0.15) is 18.4 Å². The Bertz CT molecular complexity index is 657. The molecule has 0 fully saturated rings. The van der Waals surface area contributed by atoms with Crippen LogP contribution in [0.1, 0.15) is 22.3 Å². The first-order chi connectivity index (χ1) is 9.99. The third-order valence-electron chi connectivity index (χ3n) is 2.97. The number of hydrogen-bond donors (Lipinski definition) is 1. The third kappa shape index (κ3) is 4.33. The maximum atomic E-state index is 12.6. The zero-order valence-corrected chi connectivity index (χ0v) is 11.1. The van der Waals surface area contributed by atoms with E-state index in [9.17, 15) is 13.2 Å². The molecule has 2 rings (SSSR count). The predicted molar refractivity (Wildman–Crippen MR) is 73.1 cm³/mol. The van der Waals surface area contributed by atoms with E-state index >= 15 is 0 Å². The van der Waals surface area contributed by atoms with E-state index in [2.05, 4.69) is 5.32 Å². The summed E-state index contributed by atoms with van der Waals surface area (Å²) in [5.41, 5.74) is 1.41. The van der Waals surface area contributed by atoms with Crippen molar-refractivity contribution < 1.29 is 13.2 Å². The van der Waals surface area contributed by atoms with Crippen molar-refractivity contribution in [1.82, 2.24) is 5.32 Å². The van der Waals surface area contributed by atoms with E-state index in [0.29, 0.717) is 24.2 Å². The number of halogens is 3. The summed E-state index contributed by atoms with van der Waals surface area (Å²) < 4.78 is 37.8. The van der Waals surface area contributed by atoms with Gasteiger partial charge in [0.15, 0.2) is 0 Å². The summed E-state index contributed by atoms with van der Waals surface area (Å²) in [6.45, 7) is 0.826. The smallest absolute Gasteiger partial charge is 0.309 e. The van der Waals surface area contributed by atoms with Crippen molar-refractivity contribution in [2.75, 3.05) is 0 Å². The van der Waals surface area contributed by atoms with Gasteiger partial charge >= 0.3 is 6.18 Å². The summed E-state index contributed by atoms with van der Waals surface area (Å²) in [5.74, 6) is 0. The zero-order chi connectivity index (χ0) is 15.3. The molecule has 2 nitrogen and oxygen atoms in total. The van der Waals surface area contributed by atoms with Crippen LogP contribution in [0.2, 0.25) is 0 Å². The number of hydrogen-bond acceptors (Lipinski definition) is 2. The van der Waals surface area contributed by atoms with Crippen LogP contribution < -0.4 is 5.32 Å². The Labute approximate surface area is 120 Å². The Morgan fingerprint density at radius 1 is 0.952 bits per heavy atom. The predicted octanol–water partition coefficient (Wildman–Crippen LogP) is 3.87. The molecular weight excluding hydrogens is 277 g/mol. The van der Waals surface area contributed by atoms with Crippen LogP contribution in [-0.2, 0) is 19.3 Å². The molecule has 0 saturated carbocycles. The van der Waals surface area contributed by atoms with Gasteiger partial charge in [-0.3, -0.25) is 0 Å². The van der Waals surface area contributed by atoms with Crippen LogP contribution in [0, 0.1) is 11.3 Å². The fourth-order valence-electron chi connectivity index (χ4n) is 1.96. The molecule has 5 heteroatoms. The second-order valence-electron chi connectivity index (χ2n) is 4.61. The van der Waals surface area contributed by atoms with E-state index < -0.39 is 11.7 Å². The summed E-state index contributed by atoms with van der Waals surface area (Å²) in [7, 11) is 0. The molecule has 0 amide bonds. The minimum absolute atomic E-state index is 0.334.